The maximum absolute atomic E-state index is 13.8. The molecule has 2 fully saturated rings. The molecule has 1 amide bonds. The molecule has 10 heteroatoms. The number of ether oxygens (including phenoxy) is 1. The van der Waals surface area contributed by atoms with Gasteiger partial charge < -0.3 is 9.64 Å². The van der Waals surface area contributed by atoms with Crippen LogP contribution < -0.4 is 4.74 Å². The fourth-order valence-corrected chi connectivity index (χ4v) is 4.56. The molecule has 0 spiro atoms. The van der Waals surface area contributed by atoms with Crippen molar-refractivity contribution in [2.75, 3.05) is 13.2 Å². The van der Waals surface area contributed by atoms with Crippen molar-refractivity contribution in [2.45, 2.75) is 25.6 Å². The third kappa shape index (κ3) is 4.48. The molecule has 7 nitrogen and oxygen atoms in total. The van der Waals surface area contributed by atoms with E-state index in [1.165, 1.54) is 12.3 Å². The van der Waals surface area contributed by atoms with Crippen LogP contribution in [0, 0.1) is 18.8 Å². The van der Waals surface area contributed by atoms with E-state index in [2.05, 4.69) is 26.5 Å². The average Bonchev–Trinajstić information content (AvgIpc) is 3.49. The van der Waals surface area contributed by atoms with E-state index < -0.39 is 23.7 Å². The van der Waals surface area contributed by atoms with E-state index in [4.69, 9.17) is 4.74 Å². The molecule has 3 unspecified atom stereocenters. The summed E-state index contributed by atoms with van der Waals surface area (Å²) in [6.07, 6.45) is 0.357. The second-order valence-corrected chi connectivity index (χ2v) is 8.72. The van der Waals surface area contributed by atoms with Gasteiger partial charge in [0.15, 0.2) is 5.82 Å². The first-order valence-electron chi connectivity index (χ1n) is 11.1. The lowest BCUT2D eigenvalue weighted by molar-refractivity contribution is -0.139. The summed E-state index contributed by atoms with van der Waals surface area (Å²) in [5.41, 5.74) is 1.42. The van der Waals surface area contributed by atoms with Gasteiger partial charge in [0.1, 0.15) is 17.9 Å². The third-order valence-electron chi connectivity index (χ3n) is 6.48. The number of rotatable bonds is 5. The van der Waals surface area contributed by atoms with Crippen LogP contribution in [0.2, 0.25) is 0 Å². The van der Waals surface area contributed by atoms with E-state index in [-0.39, 0.29) is 30.0 Å². The van der Waals surface area contributed by atoms with E-state index in [1.54, 1.807) is 42.4 Å². The fraction of sp³-hybridized carbons (Fsp3) is 0.320. The van der Waals surface area contributed by atoms with Crippen LogP contribution in [0.1, 0.15) is 28.2 Å². The molecule has 2 aliphatic rings. The van der Waals surface area contributed by atoms with Crippen molar-refractivity contribution >= 4 is 5.91 Å². The average molecular weight is 481 g/mol. The molecule has 180 valence electrons. The lowest BCUT2D eigenvalue weighted by atomic mass is 10.0. The lowest BCUT2D eigenvalue weighted by Gasteiger charge is -2.35. The van der Waals surface area contributed by atoms with Gasteiger partial charge in [0.05, 0.1) is 11.6 Å². The molecular weight excluding hydrogens is 459 g/mol. The number of pyridine rings is 2. The number of nitrogens with zero attached hydrogens (tertiary/aromatic N) is 5. The van der Waals surface area contributed by atoms with Crippen LogP contribution in [0.4, 0.5) is 13.2 Å². The Balaban J connectivity index is 1.44. The van der Waals surface area contributed by atoms with Crippen molar-refractivity contribution in [3.63, 3.8) is 0 Å². The van der Waals surface area contributed by atoms with Gasteiger partial charge in [-0.05, 0) is 49.6 Å². The number of hydrogen-bond donors (Lipinski definition) is 0. The predicted octanol–water partition coefficient (Wildman–Crippen LogP) is 4.36. The van der Waals surface area contributed by atoms with Crippen LogP contribution in [0.5, 0.6) is 5.88 Å². The van der Waals surface area contributed by atoms with Crippen LogP contribution in [-0.2, 0) is 6.18 Å². The summed E-state index contributed by atoms with van der Waals surface area (Å²) in [6.45, 7) is 6.12. The minimum Gasteiger partial charge on any atom is -0.475 e. The zero-order chi connectivity index (χ0) is 24.7. The SMILES string of the molecule is C=C1C2CC(COc3ncccc3C(F)(F)F)N(C(=O)c3nc(C)ccc3-c3ncccn3)CC12. The van der Waals surface area contributed by atoms with Crippen molar-refractivity contribution in [3.8, 4) is 17.3 Å². The van der Waals surface area contributed by atoms with Crippen molar-refractivity contribution in [1.82, 2.24) is 24.8 Å². The number of alkyl halides is 3. The van der Waals surface area contributed by atoms with Gasteiger partial charge in [-0.2, -0.15) is 13.2 Å². The van der Waals surface area contributed by atoms with E-state index in [9.17, 15) is 18.0 Å². The Morgan fingerprint density at radius 1 is 1.11 bits per heavy atom. The Morgan fingerprint density at radius 2 is 1.86 bits per heavy atom. The minimum atomic E-state index is -4.60. The largest absolute Gasteiger partial charge is 0.475 e. The van der Waals surface area contributed by atoms with Crippen molar-refractivity contribution in [1.29, 1.82) is 0 Å². The number of piperidine rings is 1. The first-order chi connectivity index (χ1) is 16.7. The zero-order valence-electron chi connectivity index (χ0n) is 18.9. The maximum Gasteiger partial charge on any atom is 0.421 e. The number of carbonyl (C=O) groups excluding carboxylic acids is 1. The van der Waals surface area contributed by atoms with E-state index >= 15 is 0 Å². The van der Waals surface area contributed by atoms with Gasteiger partial charge in [-0.25, -0.2) is 19.9 Å². The number of likely N-dealkylation sites (tertiary alicyclic amines) is 1. The number of hydrogen-bond acceptors (Lipinski definition) is 6. The summed E-state index contributed by atoms with van der Waals surface area (Å²) < 4.78 is 45.7. The molecule has 0 bridgehead atoms. The Hall–Kier alpha value is -3.82. The van der Waals surface area contributed by atoms with Crippen LogP contribution >= 0.6 is 0 Å². The number of halogens is 3. The van der Waals surface area contributed by atoms with Gasteiger partial charge in [0.2, 0.25) is 5.88 Å². The number of aromatic nitrogens is 4. The molecule has 3 atom stereocenters. The van der Waals surface area contributed by atoms with Crippen molar-refractivity contribution in [3.05, 3.63) is 78.0 Å². The van der Waals surface area contributed by atoms with Gasteiger partial charge in [0, 0.05) is 36.7 Å². The number of aryl methyl sites for hydroxylation is 1. The minimum absolute atomic E-state index is 0.134. The number of carbonyl (C=O) groups is 1. The standard InChI is InChI=1S/C25H22F3N5O2/c1-14-6-7-17(22-29-9-4-10-30-22)21(32-14)24(34)33-12-19-15(2)18(19)11-16(33)13-35-23-20(25(26,27)28)5-3-8-31-23/h3-10,16,18-19H,2,11-13H2,1H3. The zero-order valence-corrected chi connectivity index (χ0v) is 18.9. The van der Waals surface area contributed by atoms with Crippen molar-refractivity contribution < 1.29 is 22.7 Å². The van der Waals surface area contributed by atoms with E-state index in [1.807, 2.05) is 0 Å². The molecular formula is C25H22F3N5O2. The Labute approximate surface area is 199 Å². The molecule has 1 saturated carbocycles. The van der Waals surface area contributed by atoms with Gasteiger partial charge in [0.25, 0.3) is 5.91 Å². The maximum atomic E-state index is 13.8. The van der Waals surface area contributed by atoms with Crippen LogP contribution in [-0.4, -0.2) is 49.9 Å². The summed E-state index contributed by atoms with van der Waals surface area (Å²) in [6, 6.07) is 6.87. The van der Waals surface area contributed by atoms with Gasteiger partial charge in [-0.15, -0.1) is 0 Å². The number of amides is 1. The quantitative estimate of drug-likeness (QED) is 0.504. The second kappa shape index (κ2) is 8.75. The monoisotopic (exact) mass is 481 g/mol. The van der Waals surface area contributed by atoms with Crippen LogP contribution in [0.3, 0.4) is 0 Å². The smallest absolute Gasteiger partial charge is 0.421 e. The molecule has 1 saturated heterocycles. The Morgan fingerprint density at radius 3 is 2.60 bits per heavy atom. The summed E-state index contributed by atoms with van der Waals surface area (Å²) >= 11 is 0. The van der Waals surface area contributed by atoms with E-state index in [0.717, 1.165) is 11.6 Å². The highest BCUT2D eigenvalue weighted by Gasteiger charge is 2.51. The fourth-order valence-electron chi connectivity index (χ4n) is 4.56. The molecule has 1 aliphatic carbocycles. The first kappa shape index (κ1) is 22.9. The Kier molecular flexibility index (Phi) is 5.74. The molecule has 3 aromatic heterocycles. The Bertz CT molecular complexity index is 1280. The summed E-state index contributed by atoms with van der Waals surface area (Å²) in [5, 5.41) is 0. The third-order valence-corrected chi connectivity index (χ3v) is 6.48. The molecule has 35 heavy (non-hydrogen) atoms. The summed E-state index contributed by atoms with van der Waals surface area (Å²) in [5.74, 6) is -0.0979. The number of fused-ring (bicyclic) bond motifs is 1. The summed E-state index contributed by atoms with van der Waals surface area (Å²) in [7, 11) is 0. The normalized spacial score (nSPS) is 21.4. The van der Waals surface area contributed by atoms with Gasteiger partial charge >= 0.3 is 6.18 Å². The van der Waals surface area contributed by atoms with Gasteiger partial charge in [-0.1, -0.05) is 12.2 Å². The molecule has 0 radical (unpaired) electrons. The molecule has 0 N–H and O–H groups in total. The van der Waals surface area contributed by atoms with Crippen molar-refractivity contribution in [2.24, 2.45) is 11.8 Å². The lowest BCUT2D eigenvalue weighted by Crippen LogP contribution is -2.48. The predicted molar refractivity (Wildman–Crippen MR) is 120 cm³/mol. The molecule has 3 aromatic rings. The molecule has 0 aromatic carbocycles. The van der Waals surface area contributed by atoms with E-state index in [0.29, 0.717) is 30.0 Å². The highest BCUT2D eigenvalue weighted by atomic mass is 19.4. The highest BCUT2D eigenvalue weighted by molar-refractivity contribution is 5.98. The molecule has 4 heterocycles. The summed E-state index contributed by atoms with van der Waals surface area (Å²) in [4.78, 5) is 32.2. The second-order valence-electron chi connectivity index (χ2n) is 8.72. The highest BCUT2D eigenvalue weighted by Crippen LogP contribution is 2.52. The molecule has 5 rings (SSSR count). The topological polar surface area (TPSA) is 81.1 Å². The van der Waals surface area contributed by atoms with Gasteiger partial charge in [-0.3, -0.25) is 4.79 Å². The molecule has 1 aliphatic heterocycles. The van der Waals surface area contributed by atoms with Crippen LogP contribution in [0.25, 0.3) is 11.4 Å². The van der Waals surface area contributed by atoms with Crippen LogP contribution in [0.15, 0.2) is 61.1 Å². The first-order valence-corrected chi connectivity index (χ1v) is 11.1.